The van der Waals surface area contributed by atoms with Gasteiger partial charge >= 0.3 is 12.3 Å². The molecule has 0 atom stereocenters. The van der Waals surface area contributed by atoms with Gasteiger partial charge in [-0.2, -0.15) is 5.26 Å². The number of hydrogen-bond acceptors (Lipinski definition) is 7. The van der Waals surface area contributed by atoms with Gasteiger partial charge in [-0.25, -0.2) is 4.98 Å². The number of fused-ring (bicyclic) bond motifs is 1. The molecule has 0 saturated heterocycles. The number of pyridine rings is 1. The highest BCUT2D eigenvalue weighted by atomic mass is 19.4. The van der Waals surface area contributed by atoms with Crippen molar-refractivity contribution in [1.82, 2.24) is 4.98 Å². The molecule has 1 heterocycles. The third-order valence-electron chi connectivity index (χ3n) is 4.60. The summed E-state index contributed by atoms with van der Waals surface area (Å²) in [6, 6.07) is 11.6. The molecule has 0 bridgehead atoms. The molecule has 0 amide bonds. The first-order valence-electron chi connectivity index (χ1n) is 9.74. The molecule has 0 saturated carbocycles. The largest absolute Gasteiger partial charge is 0.573 e. The average molecular weight is 458 g/mol. The van der Waals surface area contributed by atoms with Crippen molar-refractivity contribution in [2.45, 2.75) is 26.1 Å². The summed E-state index contributed by atoms with van der Waals surface area (Å²) in [7, 11) is 0. The van der Waals surface area contributed by atoms with Crippen molar-refractivity contribution in [2.75, 3.05) is 6.61 Å². The van der Waals surface area contributed by atoms with Gasteiger partial charge in [-0.05, 0) is 36.2 Å². The summed E-state index contributed by atoms with van der Waals surface area (Å²) in [6.07, 6.45) is -5.35. The molecule has 1 aromatic heterocycles. The highest BCUT2D eigenvalue weighted by Crippen LogP contribution is 2.33. The van der Waals surface area contributed by atoms with Crippen LogP contribution < -0.4 is 4.74 Å². The average Bonchev–Trinajstić information content (AvgIpc) is 2.76. The zero-order valence-corrected chi connectivity index (χ0v) is 17.3. The second-order valence-corrected chi connectivity index (χ2v) is 6.83. The van der Waals surface area contributed by atoms with Crippen molar-refractivity contribution in [3.63, 3.8) is 0 Å². The summed E-state index contributed by atoms with van der Waals surface area (Å²) in [5.41, 5.74) is 0.433. The van der Waals surface area contributed by atoms with E-state index in [9.17, 15) is 33.1 Å². The van der Waals surface area contributed by atoms with Crippen molar-refractivity contribution in [2.24, 2.45) is 0 Å². The van der Waals surface area contributed by atoms with E-state index >= 15 is 0 Å². The van der Waals surface area contributed by atoms with Gasteiger partial charge in [-0.1, -0.05) is 24.3 Å². The quantitative estimate of drug-likeness (QED) is 0.396. The van der Waals surface area contributed by atoms with E-state index in [1.807, 2.05) is 6.07 Å². The van der Waals surface area contributed by atoms with Crippen molar-refractivity contribution >= 4 is 22.7 Å². The van der Waals surface area contributed by atoms with Gasteiger partial charge in [-0.3, -0.25) is 9.59 Å². The minimum absolute atomic E-state index is 0.156. The summed E-state index contributed by atoms with van der Waals surface area (Å²) in [5, 5.41) is 20.2. The van der Waals surface area contributed by atoms with Gasteiger partial charge in [0.15, 0.2) is 11.5 Å². The fraction of sp³-hybridized carbons (Fsp3) is 0.217. The summed E-state index contributed by atoms with van der Waals surface area (Å²) >= 11 is 0. The number of aromatic nitrogens is 1. The lowest BCUT2D eigenvalue weighted by atomic mass is 9.99. The minimum atomic E-state index is -4.85. The Labute approximate surface area is 186 Å². The van der Waals surface area contributed by atoms with Gasteiger partial charge in [0.05, 0.1) is 18.5 Å². The predicted octanol–water partition coefficient (Wildman–Crippen LogP) is 4.90. The monoisotopic (exact) mass is 458 g/mol. The number of hydrogen-bond donors (Lipinski definition) is 1. The van der Waals surface area contributed by atoms with Gasteiger partial charge in [-0.15, -0.1) is 13.2 Å². The molecule has 0 aliphatic heterocycles. The molecule has 10 heteroatoms. The molecule has 2 aromatic carbocycles. The van der Waals surface area contributed by atoms with Crippen molar-refractivity contribution < 1.29 is 37.3 Å². The second kappa shape index (κ2) is 9.56. The molecule has 3 rings (SSSR count). The summed E-state index contributed by atoms with van der Waals surface area (Å²) in [5.74, 6) is -2.27. The third kappa shape index (κ3) is 5.57. The predicted molar refractivity (Wildman–Crippen MR) is 110 cm³/mol. The number of rotatable bonds is 7. The number of aromatic hydroxyl groups is 1. The van der Waals surface area contributed by atoms with Crippen LogP contribution in [0.25, 0.3) is 22.0 Å². The van der Waals surface area contributed by atoms with Gasteiger partial charge in [0.1, 0.15) is 23.1 Å². The molecule has 1 N–H and O–H groups in total. The maximum absolute atomic E-state index is 12.6. The number of ether oxygens (including phenoxy) is 2. The summed E-state index contributed by atoms with van der Waals surface area (Å²) in [6.45, 7) is 1.78. The van der Waals surface area contributed by atoms with Crippen molar-refractivity contribution in [3.05, 3.63) is 53.7 Å². The first-order valence-corrected chi connectivity index (χ1v) is 9.74. The van der Waals surface area contributed by atoms with E-state index < -0.39 is 29.6 Å². The van der Waals surface area contributed by atoms with Crippen LogP contribution in [0.1, 0.15) is 35.8 Å². The second-order valence-electron chi connectivity index (χ2n) is 6.83. The van der Waals surface area contributed by atoms with Crippen LogP contribution in [0.5, 0.6) is 11.5 Å². The topological polar surface area (TPSA) is 110 Å². The molecule has 33 heavy (non-hydrogen) atoms. The van der Waals surface area contributed by atoms with Gasteiger partial charge < -0.3 is 14.6 Å². The van der Waals surface area contributed by atoms with Crippen molar-refractivity contribution in [1.29, 1.82) is 5.26 Å². The van der Waals surface area contributed by atoms with E-state index in [1.165, 1.54) is 24.3 Å². The smallest absolute Gasteiger partial charge is 0.504 e. The number of carbonyl (C=O) groups is 2. The Balaban J connectivity index is 2.01. The zero-order chi connectivity index (χ0) is 24.2. The molecular formula is C23H17F3N2O5. The van der Waals surface area contributed by atoms with Crippen LogP contribution >= 0.6 is 0 Å². The Kier molecular flexibility index (Phi) is 6.82. The van der Waals surface area contributed by atoms with Crippen LogP contribution in [0, 0.1) is 11.3 Å². The summed E-state index contributed by atoms with van der Waals surface area (Å²) < 4.78 is 46.3. The molecule has 0 radical (unpaired) electrons. The normalized spacial score (nSPS) is 11.1. The Bertz CT molecular complexity index is 1270. The number of carbonyl (C=O) groups excluding carboxylic acids is 2. The Hall–Kier alpha value is -4.13. The van der Waals surface area contributed by atoms with Gasteiger partial charge in [0.25, 0.3) is 0 Å². The Morgan fingerprint density at radius 1 is 1.12 bits per heavy atom. The van der Waals surface area contributed by atoms with Crippen molar-refractivity contribution in [3.8, 4) is 28.7 Å². The van der Waals surface area contributed by atoms with Gasteiger partial charge in [0, 0.05) is 11.8 Å². The van der Waals surface area contributed by atoms with Crippen LogP contribution in [-0.4, -0.2) is 34.8 Å². The molecule has 0 aliphatic carbocycles. The first-order chi connectivity index (χ1) is 15.6. The fourth-order valence-electron chi connectivity index (χ4n) is 3.18. The molecule has 7 nitrogen and oxygen atoms in total. The number of benzene rings is 2. The standard InChI is InChI=1S/C23H17F3N2O5/c1-2-32-20(30)9-8-19(29)21-22(31)17(12-27)16-7-6-14(11-18(16)28-21)13-4-3-5-15(10-13)33-23(24,25)26/h3-7,10-11,31H,2,8-9H2,1H3. The van der Waals surface area contributed by atoms with Crippen LogP contribution in [0.4, 0.5) is 13.2 Å². The number of Topliss-reactive ketones (excluding diaryl/α,β-unsaturated/α-hetero) is 1. The van der Waals surface area contributed by atoms with E-state index in [1.54, 1.807) is 19.1 Å². The number of esters is 1. The molecule has 0 fully saturated rings. The van der Waals surface area contributed by atoms with E-state index in [4.69, 9.17) is 4.74 Å². The zero-order valence-electron chi connectivity index (χ0n) is 17.3. The maximum Gasteiger partial charge on any atom is 0.573 e. The minimum Gasteiger partial charge on any atom is -0.504 e. The number of ketones is 1. The highest BCUT2D eigenvalue weighted by Gasteiger charge is 2.31. The van der Waals surface area contributed by atoms with E-state index in [-0.39, 0.29) is 41.6 Å². The third-order valence-corrected chi connectivity index (χ3v) is 4.60. The molecular weight excluding hydrogens is 441 g/mol. The SMILES string of the molecule is CCOC(=O)CCC(=O)c1nc2cc(-c3cccc(OC(F)(F)F)c3)ccc2c(C#N)c1O. The lowest BCUT2D eigenvalue weighted by Crippen LogP contribution is -2.17. The maximum atomic E-state index is 12.6. The van der Waals surface area contributed by atoms with Crippen LogP contribution in [0.15, 0.2) is 42.5 Å². The van der Waals surface area contributed by atoms with E-state index in [0.717, 1.165) is 6.07 Å². The van der Waals surface area contributed by atoms with E-state index in [2.05, 4.69) is 9.72 Å². The first kappa shape index (κ1) is 23.5. The molecule has 170 valence electrons. The number of nitrogens with zero attached hydrogens (tertiary/aromatic N) is 2. The molecule has 0 aliphatic rings. The van der Waals surface area contributed by atoms with E-state index in [0.29, 0.717) is 11.1 Å². The number of alkyl halides is 3. The fourth-order valence-corrected chi connectivity index (χ4v) is 3.18. The molecule has 3 aromatic rings. The van der Waals surface area contributed by atoms with Crippen LogP contribution in [0.2, 0.25) is 0 Å². The van der Waals surface area contributed by atoms with Crippen LogP contribution in [0.3, 0.4) is 0 Å². The Morgan fingerprint density at radius 3 is 2.52 bits per heavy atom. The number of halogens is 3. The lowest BCUT2D eigenvalue weighted by Gasteiger charge is -2.12. The lowest BCUT2D eigenvalue weighted by molar-refractivity contribution is -0.274. The molecule has 0 spiro atoms. The molecule has 0 unspecified atom stereocenters. The highest BCUT2D eigenvalue weighted by molar-refractivity contribution is 6.03. The number of nitriles is 1. The summed E-state index contributed by atoms with van der Waals surface area (Å²) in [4.78, 5) is 28.2. The van der Waals surface area contributed by atoms with Gasteiger partial charge in [0.2, 0.25) is 0 Å². The Morgan fingerprint density at radius 2 is 1.85 bits per heavy atom. The van der Waals surface area contributed by atoms with Crippen LogP contribution in [-0.2, 0) is 9.53 Å².